The zero-order chi connectivity index (χ0) is 33.6. The largest absolute Gasteiger partial charge is 0.497 e. The summed E-state index contributed by atoms with van der Waals surface area (Å²) < 4.78 is 23.2. The van der Waals surface area contributed by atoms with Crippen LogP contribution >= 0.6 is 0 Å². The second kappa shape index (κ2) is 14.2. The van der Waals surface area contributed by atoms with E-state index in [1.54, 1.807) is 43.6 Å². The third-order valence-corrected chi connectivity index (χ3v) is 7.35. The summed E-state index contributed by atoms with van der Waals surface area (Å²) in [5, 5.41) is 14.3. The molecule has 0 saturated heterocycles. The number of aromatic nitrogens is 1. The van der Waals surface area contributed by atoms with Crippen LogP contribution in [-0.4, -0.2) is 43.4 Å². The van der Waals surface area contributed by atoms with Crippen molar-refractivity contribution in [1.82, 2.24) is 4.98 Å². The molecule has 0 atom stereocenters. The molecule has 244 valence electrons. The van der Waals surface area contributed by atoms with Crippen molar-refractivity contribution < 1.29 is 28.8 Å². The Kier molecular flexibility index (Phi) is 9.86. The highest BCUT2D eigenvalue weighted by molar-refractivity contribution is 5.98. The first-order valence-corrected chi connectivity index (χ1v) is 15.0. The van der Waals surface area contributed by atoms with Gasteiger partial charge in [0.2, 0.25) is 5.91 Å². The number of primary amides is 1. The molecule has 0 spiro atoms. The highest BCUT2D eigenvalue weighted by Crippen LogP contribution is 2.41. The number of carbonyl (C=O) groups is 1. The van der Waals surface area contributed by atoms with E-state index in [1.165, 1.54) is 7.11 Å². The lowest BCUT2D eigenvalue weighted by atomic mass is 9.86. The van der Waals surface area contributed by atoms with Gasteiger partial charge in [0.15, 0.2) is 11.5 Å². The average Bonchev–Trinajstić information content (AvgIpc) is 3.06. The van der Waals surface area contributed by atoms with E-state index in [9.17, 15) is 9.90 Å². The number of hydrazine groups is 1. The number of rotatable bonds is 13. The van der Waals surface area contributed by atoms with Crippen molar-refractivity contribution >= 4 is 39.6 Å². The number of pyridine rings is 1. The topological polar surface area (TPSA) is 149 Å². The number of amides is 1. The zero-order valence-corrected chi connectivity index (χ0v) is 27.0. The van der Waals surface area contributed by atoms with Crippen molar-refractivity contribution in [2.75, 3.05) is 43.6 Å². The third-order valence-electron chi connectivity index (χ3n) is 7.35. The second-order valence-electron chi connectivity index (χ2n) is 11.7. The first-order chi connectivity index (χ1) is 22.6. The van der Waals surface area contributed by atoms with Crippen LogP contribution in [0.15, 0.2) is 85.1 Å². The van der Waals surface area contributed by atoms with Gasteiger partial charge in [-0.05, 0) is 53.4 Å². The summed E-state index contributed by atoms with van der Waals surface area (Å²) in [7, 11) is 3.10. The number of nitrogens with zero attached hydrogens (tertiary/aromatic N) is 1. The molecule has 0 bridgehead atoms. The van der Waals surface area contributed by atoms with Crippen LogP contribution < -0.4 is 40.8 Å². The van der Waals surface area contributed by atoms with Crippen molar-refractivity contribution in [2.45, 2.75) is 26.2 Å². The number of aliphatic hydroxyl groups excluding tert-OH is 1. The third kappa shape index (κ3) is 7.77. The molecule has 5 rings (SSSR count). The number of methoxy groups -OCH3 is 2. The lowest BCUT2D eigenvalue weighted by molar-refractivity contribution is 0.1000. The fraction of sp³-hybridized carbons (Fsp3) is 0.222. The van der Waals surface area contributed by atoms with Gasteiger partial charge >= 0.3 is 0 Å². The van der Waals surface area contributed by atoms with Crippen molar-refractivity contribution in [2.24, 2.45) is 5.73 Å². The molecule has 5 aromatic rings. The Hall–Kier alpha value is -5.68. The zero-order valence-electron chi connectivity index (χ0n) is 27.0. The molecule has 11 nitrogen and oxygen atoms in total. The van der Waals surface area contributed by atoms with E-state index < -0.39 is 5.91 Å². The molecular formula is C36H39N5O6. The van der Waals surface area contributed by atoms with Gasteiger partial charge in [-0.1, -0.05) is 45.0 Å². The van der Waals surface area contributed by atoms with Gasteiger partial charge in [-0.2, -0.15) is 0 Å². The predicted molar refractivity (Wildman–Crippen MR) is 185 cm³/mol. The summed E-state index contributed by atoms with van der Waals surface area (Å²) in [5.74, 6) is 2.69. The Morgan fingerprint density at radius 2 is 1.62 bits per heavy atom. The predicted octanol–water partition coefficient (Wildman–Crippen LogP) is 6.99. The van der Waals surface area contributed by atoms with Crippen LogP contribution in [0, 0.1) is 0 Å². The van der Waals surface area contributed by atoms with Crippen LogP contribution in [0.25, 0.3) is 10.8 Å². The highest BCUT2D eigenvalue weighted by Gasteiger charge is 2.21. The number of hydrogen-bond acceptors (Lipinski definition) is 10. The summed E-state index contributed by atoms with van der Waals surface area (Å²) in [6.45, 7) is 6.40. The molecule has 0 unspecified atom stereocenters. The number of hydrogen-bond donors (Lipinski definition) is 5. The molecule has 1 aromatic heterocycles. The molecule has 0 aliphatic rings. The van der Waals surface area contributed by atoms with Crippen LogP contribution in [0.1, 0.15) is 36.7 Å². The second-order valence-corrected chi connectivity index (χ2v) is 11.7. The van der Waals surface area contributed by atoms with Gasteiger partial charge in [0, 0.05) is 40.4 Å². The van der Waals surface area contributed by atoms with E-state index in [1.807, 2.05) is 48.5 Å². The van der Waals surface area contributed by atoms with Crippen LogP contribution in [0.2, 0.25) is 0 Å². The molecule has 6 N–H and O–H groups in total. The number of carbonyl (C=O) groups excluding carboxylic acids is 1. The van der Waals surface area contributed by atoms with Gasteiger partial charge in [-0.3, -0.25) is 10.2 Å². The highest BCUT2D eigenvalue weighted by atomic mass is 16.5. The molecule has 1 amide bonds. The number of benzene rings is 4. The van der Waals surface area contributed by atoms with Gasteiger partial charge in [0.05, 0.1) is 26.5 Å². The van der Waals surface area contributed by atoms with E-state index in [0.717, 1.165) is 22.0 Å². The van der Waals surface area contributed by atoms with Gasteiger partial charge in [0.25, 0.3) is 0 Å². The summed E-state index contributed by atoms with van der Waals surface area (Å²) in [6, 6.07) is 24.1. The van der Waals surface area contributed by atoms with Gasteiger partial charge in [0.1, 0.15) is 35.4 Å². The van der Waals surface area contributed by atoms with E-state index in [0.29, 0.717) is 51.5 Å². The Balaban J connectivity index is 1.40. The Morgan fingerprint density at radius 1 is 0.851 bits per heavy atom. The summed E-state index contributed by atoms with van der Waals surface area (Å²) in [6.07, 6.45) is 1.63. The molecule has 0 aliphatic carbocycles. The molecule has 1 heterocycles. The monoisotopic (exact) mass is 637 g/mol. The Morgan fingerprint density at radius 3 is 2.32 bits per heavy atom. The Labute approximate surface area is 273 Å². The molecule has 0 fully saturated rings. The number of nitrogens with one attached hydrogen (secondary N) is 3. The normalized spacial score (nSPS) is 11.1. The minimum Gasteiger partial charge on any atom is -0.497 e. The molecule has 11 heteroatoms. The molecule has 0 aliphatic heterocycles. The van der Waals surface area contributed by atoms with Crippen molar-refractivity contribution in [1.29, 1.82) is 0 Å². The molecule has 0 radical (unpaired) electrons. The van der Waals surface area contributed by atoms with Gasteiger partial charge in [-0.25, -0.2) is 4.98 Å². The van der Waals surface area contributed by atoms with Crippen LogP contribution in [0.4, 0.5) is 22.9 Å². The number of anilines is 4. The molecule has 4 aromatic carbocycles. The molecule has 47 heavy (non-hydrogen) atoms. The van der Waals surface area contributed by atoms with Gasteiger partial charge in [-0.15, -0.1) is 0 Å². The number of fused-ring (bicyclic) bond motifs is 1. The lowest BCUT2D eigenvalue weighted by Crippen LogP contribution is -2.16. The van der Waals surface area contributed by atoms with E-state index >= 15 is 0 Å². The SMILES string of the molecule is COc1cc(Nc2cc(Oc3ccc(NNc4cc(C(C)(C)C)cc(OCCO)c4OC)c4ccccc34)ccn2)cc(C(N)=O)c1. The number of nitrogens with two attached hydrogens (primary N) is 1. The maximum absolute atomic E-state index is 11.8. The van der Waals surface area contributed by atoms with Gasteiger partial charge < -0.3 is 40.5 Å². The first kappa shape index (κ1) is 32.7. The average molecular weight is 638 g/mol. The smallest absolute Gasteiger partial charge is 0.248 e. The fourth-order valence-electron chi connectivity index (χ4n) is 4.95. The quantitative estimate of drug-likeness (QED) is 0.0855. The van der Waals surface area contributed by atoms with Crippen LogP contribution in [-0.2, 0) is 5.41 Å². The van der Waals surface area contributed by atoms with Crippen molar-refractivity contribution in [3.05, 3.63) is 96.2 Å². The standard InChI is InChI=1S/C36H39N5O6/c1-36(2,3)23-18-30(34(45-5)32(19-23)46-15-14-42)41-40-29-10-11-31(28-9-7-6-8-27(28)29)47-25-12-13-38-33(21-25)39-24-16-22(35(37)43)17-26(20-24)44-4/h6-13,16-21,40-42H,14-15H2,1-5H3,(H2,37,43)(H,38,39). The van der Waals surface area contributed by atoms with Crippen molar-refractivity contribution in [3.63, 3.8) is 0 Å². The van der Waals surface area contributed by atoms with Crippen LogP contribution in [0.3, 0.4) is 0 Å². The maximum Gasteiger partial charge on any atom is 0.248 e. The Bertz CT molecular complexity index is 1890. The molecule has 0 saturated carbocycles. The fourth-order valence-corrected chi connectivity index (χ4v) is 4.95. The minimum absolute atomic E-state index is 0.109. The first-order valence-electron chi connectivity index (χ1n) is 15.0. The van der Waals surface area contributed by atoms with Crippen LogP contribution in [0.5, 0.6) is 28.7 Å². The van der Waals surface area contributed by atoms with E-state index in [2.05, 4.69) is 41.9 Å². The number of aliphatic hydroxyl groups is 1. The lowest BCUT2D eigenvalue weighted by Gasteiger charge is -2.24. The minimum atomic E-state index is -0.564. The van der Waals surface area contributed by atoms with E-state index in [-0.39, 0.29) is 18.6 Å². The molecular weight excluding hydrogens is 598 g/mol. The summed E-state index contributed by atoms with van der Waals surface area (Å²) >= 11 is 0. The van der Waals surface area contributed by atoms with E-state index in [4.69, 9.17) is 24.7 Å². The number of ether oxygens (including phenoxy) is 4. The maximum atomic E-state index is 11.8. The van der Waals surface area contributed by atoms with Crippen molar-refractivity contribution in [3.8, 4) is 28.7 Å². The summed E-state index contributed by atoms with van der Waals surface area (Å²) in [4.78, 5) is 16.2. The summed E-state index contributed by atoms with van der Waals surface area (Å²) in [5.41, 5.74) is 15.4.